The Kier molecular flexibility index (Phi) is 4.62. The summed E-state index contributed by atoms with van der Waals surface area (Å²) in [5.74, 6) is 2.27. The number of thioether (sulfide) groups is 1. The van der Waals surface area contributed by atoms with Crippen molar-refractivity contribution in [1.29, 1.82) is 0 Å². The summed E-state index contributed by atoms with van der Waals surface area (Å²) in [5, 5.41) is 10.9. The smallest absolute Gasteiger partial charge is 0.271 e. The number of nitrogens with zero attached hydrogens (tertiary/aromatic N) is 2. The Labute approximate surface area is 123 Å². The lowest BCUT2D eigenvalue weighted by molar-refractivity contribution is 0.0928. The van der Waals surface area contributed by atoms with E-state index in [1.807, 2.05) is 28.7 Å². The summed E-state index contributed by atoms with van der Waals surface area (Å²) >= 11 is 1.97. The zero-order valence-electron chi connectivity index (χ0n) is 11.7. The van der Waals surface area contributed by atoms with E-state index < -0.39 is 0 Å². The standard InChI is InChI=1S/C14H22N4OS/c19-14(16-11-4-8-20-9-5-11)13-3-7-18(17-13)12-2-1-6-15-10-12/h3,7,11-12,15H,1-2,4-6,8-10H2,(H,16,19). The molecule has 0 bridgehead atoms. The first-order valence-corrected chi connectivity index (χ1v) is 8.63. The Morgan fingerprint density at radius 3 is 3.00 bits per heavy atom. The van der Waals surface area contributed by atoms with Crippen LogP contribution in [0.4, 0.5) is 0 Å². The minimum atomic E-state index is -0.0237. The zero-order valence-corrected chi connectivity index (χ0v) is 12.5. The van der Waals surface area contributed by atoms with E-state index in [0.29, 0.717) is 17.8 Å². The molecule has 2 fully saturated rings. The third-order valence-corrected chi connectivity index (χ3v) is 5.09. The van der Waals surface area contributed by atoms with Crippen LogP contribution in [0.25, 0.3) is 0 Å². The van der Waals surface area contributed by atoms with Crippen LogP contribution in [-0.2, 0) is 0 Å². The van der Waals surface area contributed by atoms with Gasteiger partial charge in [-0.25, -0.2) is 0 Å². The third kappa shape index (κ3) is 3.35. The molecule has 1 atom stereocenters. The average molecular weight is 294 g/mol. The molecule has 2 aliphatic rings. The molecule has 0 aliphatic carbocycles. The van der Waals surface area contributed by atoms with Crippen LogP contribution in [0.3, 0.4) is 0 Å². The van der Waals surface area contributed by atoms with Crippen LogP contribution in [0.5, 0.6) is 0 Å². The lowest BCUT2D eigenvalue weighted by atomic mass is 10.1. The molecular weight excluding hydrogens is 272 g/mol. The minimum absolute atomic E-state index is 0.0237. The lowest BCUT2D eigenvalue weighted by Crippen LogP contribution is -2.37. The minimum Gasteiger partial charge on any atom is -0.348 e. The Hall–Kier alpha value is -1.01. The molecule has 20 heavy (non-hydrogen) atoms. The monoisotopic (exact) mass is 294 g/mol. The van der Waals surface area contributed by atoms with E-state index in [0.717, 1.165) is 43.9 Å². The molecule has 0 spiro atoms. The summed E-state index contributed by atoms with van der Waals surface area (Å²) < 4.78 is 1.94. The van der Waals surface area contributed by atoms with Gasteiger partial charge in [0.25, 0.3) is 5.91 Å². The first-order valence-electron chi connectivity index (χ1n) is 7.47. The van der Waals surface area contributed by atoms with Gasteiger partial charge in [-0.2, -0.15) is 16.9 Å². The third-order valence-electron chi connectivity index (χ3n) is 4.04. The molecule has 1 unspecified atom stereocenters. The fourth-order valence-electron chi connectivity index (χ4n) is 2.82. The quantitative estimate of drug-likeness (QED) is 0.885. The maximum atomic E-state index is 12.2. The Balaban J connectivity index is 1.58. The first kappa shape index (κ1) is 13.9. The molecule has 3 heterocycles. The maximum absolute atomic E-state index is 12.2. The summed E-state index contributed by atoms with van der Waals surface area (Å²) in [6, 6.07) is 2.54. The largest absolute Gasteiger partial charge is 0.348 e. The van der Waals surface area contributed by atoms with Crippen LogP contribution in [0.15, 0.2) is 12.3 Å². The fraction of sp³-hybridized carbons (Fsp3) is 0.714. The van der Waals surface area contributed by atoms with E-state index in [1.165, 1.54) is 6.42 Å². The molecule has 3 rings (SSSR count). The SMILES string of the molecule is O=C(NC1CCSCC1)c1ccn(C2CCCNC2)n1. The van der Waals surface area contributed by atoms with Crippen molar-refractivity contribution in [2.24, 2.45) is 0 Å². The molecular formula is C14H22N4OS. The summed E-state index contributed by atoms with van der Waals surface area (Å²) in [5.41, 5.74) is 0.550. The molecule has 6 heteroatoms. The van der Waals surface area contributed by atoms with Crippen molar-refractivity contribution < 1.29 is 4.79 Å². The van der Waals surface area contributed by atoms with Gasteiger partial charge in [0.1, 0.15) is 5.69 Å². The topological polar surface area (TPSA) is 59.0 Å². The maximum Gasteiger partial charge on any atom is 0.271 e. The van der Waals surface area contributed by atoms with Crippen LogP contribution in [0, 0.1) is 0 Å². The van der Waals surface area contributed by atoms with Crippen molar-refractivity contribution in [1.82, 2.24) is 20.4 Å². The van der Waals surface area contributed by atoms with E-state index in [4.69, 9.17) is 0 Å². The van der Waals surface area contributed by atoms with Gasteiger partial charge in [-0.05, 0) is 49.8 Å². The molecule has 2 aliphatic heterocycles. The van der Waals surface area contributed by atoms with E-state index >= 15 is 0 Å². The van der Waals surface area contributed by atoms with Gasteiger partial charge in [0, 0.05) is 18.8 Å². The number of hydrogen-bond donors (Lipinski definition) is 2. The number of aromatic nitrogens is 2. The highest BCUT2D eigenvalue weighted by atomic mass is 32.2. The molecule has 0 aromatic carbocycles. The van der Waals surface area contributed by atoms with Gasteiger partial charge in [0.2, 0.25) is 0 Å². The van der Waals surface area contributed by atoms with Crippen molar-refractivity contribution >= 4 is 17.7 Å². The molecule has 2 saturated heterocycles. The normalized spacial score (nSPS) is 24.5. The van der Waals surface area contributed by atoms with Crippen molar-refractivity contribution in [2.45, 2.75) is 37.8 Å². The lowest BCUT2D eigenvalue weighted by Gasteiger charge is -2.23. The van der Waals surface area contributed by atoms with Gasteiger partial charge in [0.05, 0.1) is 6.04 Å². The van der Waals surface area contributed by atoms with Crippen LogP contribution < -0.4 is 10.6 Å². The average Bonchev–Trinajstić information content (AvgIpc) is 2.99. The highest BCUT2D eigenvalue weighted by Gasteiger charge is 2.20. The number of hydrogen-bond acceptors (Lipinski definition) is 4. The molecule has 5 nitrogen and oxygen atoms in total. The highest BCUT2D eigenvalue weighted by Crippen LogP contribution is 2.18. The zero-order chi connectivity index (χ0) is 13.8. The van der Waals surface area contributed by atoms with Crippen LogP contribution >= 0.6 is 11.8 Å². The number of amides is 1. The summed E-state index contributed by atoms with van der Waals surface area (Å²) in [7, 11) is 0. The van der Waals surface area contributed by atoms with E-state index in [-0.39, 0.29) is 5.91 Å². The van der Waals surface area contributed by atoms with Gasteiger partial charge in [-0.15, -0.1) is 0 Å². The summed E-state index contributed by atoms with van der Waals surface area (Å²) in [6.45, 7) is 2.04. The van der Waals surface area contributed by atoms with Crippen molar-refractivity contribution in [2.75, 3.05) is 24.6 Å². The van der Waals surface area contributed by atoms with Gasteiger partial charge in [-0.1, -0.05) is 0 Å². The van der Waals surface area contributed by atoms with Crippen LogP contribution in [0.1, 0.15) is 42.2 Å². The Bertz CT molecular complexity index is 450. The van der Waals surface area contributed by atoms with Gasteiger partial charge in [0.15, 0.2) is 0 Å². The van der Waals surface area contributed by atoms with E-state index in [9.17, 15) is 4.79 Å². The molecule has 0 radical (unpaired) electrons. The molecule has 1 aromatic rings. The second-order valence-corrected chi connectivity index (χ2v) is 6.77. The van der Waals surface area contributed by atoms with Crippen molar-refractivity contribution in [3.63, 3.8) is 0 Å². The van der Waals surface area contributed by atoms with Crippen molar-refractivity contribution in [3.8, 4) is 0 Å². The first-order chi connectivity index (χ1) is 9.83. The molecule has 1 aromatic heterocycles. The summed E-state index contributed by atoms with van der Waals surface area (Å²) in [6.07, 6.45) is 6.39. The van der Waals surface area contributed by atoms with Crippen molar-refractivity contribution in [3.05, 3.63) is 18.0 Å². The van der Waals surface area contributed by atoms with Crippen LogP contribution in [0.2, 0.25) is 0 Å². The Morgan fingerprint density at radius 2 is 2.25 bits per heavy atom. The number of piperidine rings is 1. The van der Waals surface area contributed by atoms with Gasteiger partial charge < -0.3 is 10.6 Å². The van der Waals surface area contributed by atoms with Gasteiger partial charge in [-0.3, -0.25) is 9.48 Å². The predicted octanol–water partition coefficient (Wildman–Crippen LogP) is 1.43. The number of carbonyl (C=O) groups is 1. The molecule has 0 saturated carbocycles. The van der Waals surface area contributed by atoms with Gasteiger partial charge >= 0.3 is 0 Å². The molecule has 2 N–H and O–H groups in total. The summed E-state index contributed by atoms with van der Waals surface area (Å²) in [4.78, 5) is 12.2. The molecule has 1 amide bonds. The highest BCUT2D eigenvalue weighted by molar-refractivity contribution is 7.99. The van der Waals surface area contributed by atoms with Crippen LogP contribution in [-0.4, -0.2) is 46.3 Å². The fourth-order valence-corrected chi connectivity index (χ4v) is 3.93. The second kappa shape index (κ2) is 6.63. The molecule has 110 valence electrons. The predicted molar refractivity (Wildman–Crippen MR) is 81.2 cm³/mol. The number of carbonyl (C=O) groups excluding carboxylic acids is 1. The van der Waals surface area contributed by atoms with E-state index in [2.05, 4.69) is 15.7 Å². The van der Waals surface area contributed by atoms with E-state index in [1.54, 1.807) is 0 Å². The Morgan fingerprint density at radius 1 is 1.40 bits per heavy atom. The second-order valence-electron chi connectivity index (χ2n) is 5.54. The number of nitrogens with one attached hydrogen (secondary N) is 2. The number of rotatable bonds is 3.